The number of rotatable bonds is 9. The number of likely N-dealkylation sites (tertiary alicyclic amines) is 1. The van der Waals surface area contributed by atoms with Crippen LogP contribution in [0.3, 0.4) is 0 Å². The number of hydrogen-bond acceptors (Lipinski definition) is 8. The van der Waals surface area contributed by atoms with Crippen molar-refractivity contribution in [1.82, 2.24) is 4.90 Å². The molecule has 1 aliphatic rings. The van der Waals surface area contributed by atoms with Gasteiger partial charge in [0.25, 0.3) is 0 Å². The van der Waals surface area contributed by atoms with Gasteiger partial charge in [-0.15, -0.1) is 0 Å². The van der Waals surface area contributed by atoms with Crippen molar-refractivity contribution in [2.24, 2.45) is 5.73 Å². The van der Waals surface area contributed by atoms with Crippen molar-refractivity contribution < 1.29 is 39.7 Å². The van der Waals surface area contributed by atoms with E-state index in [4.69, 9.17) is 15.6 Å². The third kappa shape index (κ3) is 4.93. The lowest BCUT2D eigenvalue weighted by Gasteiger charge is -2.41. The van der Waals surface area contributed by atoms with Crippen LogP contribution in [-0.2, 0) is 11.2 Å². The molecule has 1 heterocycles. The number of carboxylic acid groups (broad SMARTS) is 2. The minimum atomic E-state index is -1.59. The smallest absolute Gasteiger partial charge is 0.454 e. The molecular formula is C17H25BN2O8. The van der Waals surface area contributed by atoms with E-state index in [9.17, 15) is 29.9 Å². The monoisotopic (exact) mass is 396 g/mol. The Hall–Kier alpha value is -2.34. The van der Waals surface area contributed by atoms with Gasteiger partial charge in [-0.1, -0.05) is 13.0 Å². The van der Waals surface area contributed by atoms with Crippen molar-refractivity contribution in [3.63, 3.8) is 0 Å². The summed E-state index contributed by atoms with van der Waals surface area (Å²) in [5.74, 6) is -3.58. The molecule has 0 unspecified atom stereocenters. The van der Waals surface area contributed by atoms with E-state index in [2.05, 4.69) is 0 Å². The highest BCUT2D eigenvalue weighted by atomic mass is 16.5. The Morgan fingerprint density at radius 2 is 1.96 bits per heavy atom. The van der Waals surface area contributed by atoms with E-state index in [1.165, 1.54) is 19.1 Å². The van der Waals surface area contributed by atoms with Crippen molar-refractivity contribution in [2.75, 3.05) is 19.6 Å². The number of aromatic carboxylic acids is 1. The van der Waals surface area contributed by atoms with Crippen LogP contribution in [0, 0.1) is 0 Å². The Balaban J connectivity index is 2.08. The lowest BCUT2D eigenvalue weighted by atomic mass is 9.71. The lowest BCUT2D eigenvalue weighted by Crippen LogP contribution is -2.62. The first kappa shape index (κ1) is 22.0. The van der Waals surface area contributed by atoms with Crippen molar-refractivity contribution in [3.8, 4) is 11.5 Å². The van der Waals surface area contributed by atoms with Gasteiger partial charge in [0.15, 0.2) is 0 Å². The van der Waals surface area contributed by atoms with Crippen LogP contribution >= 0.6 is 0 Å². The number of carbonyl (C=O) groups is 2. The molecule has 1 saturated heterocycles. The zero-order valence-corrected chi connectivity index (χ0v) is 15.7. The van der Waals surface area contributed by atoms with Gasteiger partial charge < -0.3 is 35.8 Å². The zero-order chi connectivity index (χ0) is 21.2. The second-order valence-electron chi connectivity index (χ2n) is 7.50. The molecule has 154 valence electrons. The molecule has 0 aliphatic carbocycles. The van der Waals surface area contributed by atoms with E-state index in [1.807, 2.05) is 0 Å². The topological polar surface area (TPSA) is 174 Å². The molecule has 1 fully saturated rings. The molecule has 2 rings (SSSR count). The number of nitrogens with zero attached hydrogens (tertiary/aromatic N) is 1. The summed E-state index contributed by atoms with van der Waals surface area (Å²) in [6.45, 7) is 3.83. The summed E-state index contributed by atoms with van der Waals surface area (Å²) in [7, 11) is -1.59. The third-order valence-corrected chi connectivity index (χ3v) is 4.75. The second-order valence-corrected chi connectivity index (χ2v) is 7.50. The number of carboxylic acids is 2. The first-order valence-corrected chi connectivity index (χ1v) is 8.78. The number of aliphatic carboxylic acids is 1. The largest absolute Gasteiger partial charge is 0.507 e. The summed E-state index contributed by atoms with van der Waals surface area (Å²) in [5, 5.41) is 47.2. The molecule has 1 aliphatic heterocycles. The fourth-order valence-corrected chi connectivity index (χ4v) is 2.98. The Kier molecular flexibility index (Phi) is 6.55. The lowest BCUT2D eigenvalue weighted by molar-refractivity contribution is -0.144. The molecule has 1 aromatic rings. The average Bonchev–Trinajstić information content (AvgIpc) is 2.54. The van der Waals surface area contributed by atoms with Gasteiger partial charge in [0, 0.05) is 19.6 Å². The highest BCUT2D eigenvalue weighted by Gasteiger charge is 2.37. The fourth-order valence-electron chi connectivity index (χ4n) is 2.98. The van der Waals surface area contributed by atoms with Crippen molar-refractivity contribution in [2.45, 2.75) is 37.7 Å². The van der Waals surface area contributed by atoms with Crippen LogP contribution in [0.4, 0.5) is 0 Å². The molecule has 10 nitrogen and oxygen atoms in total. The van der Waals surface area contributed by atoms with E-state index < -0.39 is 41.7 Å². The van der Waals surface area contributed by atoms with Crippen LogP contribution in [0.1, 0.15) is 29.8 Å². The molecule has 0 amide bonds. The maximum Gasteiger partial charge on any atom is 0.454 e. The molecule has 0 bridgehead atoms. The molecule has 28 heavy (non-hydrogen) atoms. The van der Waals surface area contributed by atoms with E-state index in [-0.39, 0.29) is 30.4 Å². The predicted molar refractivity (Wildman–Crippen MR) is 99.5 cm³/mol. The van der Waals surface area contributed by atoms with Gasteiger partial charge in [0.05, 0.1) is 0 Å². The number of hydrogen-bond donors (Lipinski definition) is 6. The van der Waals surface area contributed by atoms with E-state index in [1.54, 1.807) is 11.8 Å². The van der Waals surface area contributed by atoms with E-state index >= 15 is 0 Å². The number of benzene rings is 1. The Bertz CT molecular complexity index is 749. The van der Waals surface area contributed by atoms with Gasteiger partial charge in [-0.05, 0) is 30.8 Å². The Morgan fingerprint density at radius 1 is 1.36 bits per heavy atom. The summed E-state index contributed by atoms with van der Waals surface area (Å²) in [6, 6.07) is 2.90. The van der Waals surface area contributed by atoms with Crippen molar-refractivity contribution >= 4 is 19.1 Å². The Labute approximate surface area is 162 Å². The first-order valence-electron chi connectivity index (χ1n) is 8.78. The summed E-state index contributed by atoms with van der Waals surface area (Å²) in [5.41, 5.74) is 4.17. The van der Waals surface area contributed by atoms with Gasteiger partial charge in [-0.25, -0.2) is 4.79 Å². The van der Waals surface area contributed by atoms with E-state index in [0.29, 0.717) is 13.1 Å². The molecule has 0 saturated carbocycles. The SMILES string of the molecule is C[C@@H](Cc1ccc(OC2CN(C[C@](C)(N)C(=O)O)C2)c(C(=O)O)c1O)B(O)O. The molecule has 0 radical (unpaired) electrons. The number of ether oxygens (including phenoxy) is 1. The molecule has 11 heteroatoms. The summed E-state index contributed by atoms with van der Waals surface area (Å²) in [4.78, 5) is 24.4. The Morgan fingerprint density at radius 3 is 2.46 bits per heavy atom. The molecule has 0 spiro atoms. The van der Waals surface area contributed by atoms with Crippen LogP contribution in [0.5, 0.6) is 11.5 Å². The quantitative estimate of drug-likeness (QED) is 0.295. The molecule has 7 N–H and O–H groups in total. The number of aromatic hydroxyl groups is 1. The number of nitrogens with two attached hydrogens (primary N) is 1. The third-order valence-electron chi connectivity index (χ3n) is 4.75. The molecule has 0 aromatic heterocycles. The van der Waals surface area contributed by atoms with Crippen LogP contribution in [0.25, 0.3) is 0 Å². The van der Waals surface area contributed by atoms with Crippen LogP contribution in [-0.4, -0.2) is 80.6 Å². The highest BCUT2D eigenvalue weighted by molar-refractivity contribution is 6.43. The van der Waals surface area contributed by atoms with Crippen LogP contribution in [0.2, 0.25) is 5.82 Å². The van der Waals surface area contributed by atoms with Gasteiger partial charge in [-0.3, -0.25) is 9.69 Å². The average molecular weight is 396 g/mol. The molecule has 2 atom stereocenters. The maximum atomic E-state index is 11.6. The van der Waals surface area contributed by atoms with E-state index in [0.717, 1.165) is 0 Å². The fraction of sp³-hybridized carbons (Fsp3) is 0.529. The maximum absolute atomic E-state index is 11.6. The van der Waals surface area contributed by atoms with Crippen LogP contribution < -0.4 is 10.5 Å². The van der Waals surface area contributed by atoms with Crippen molar-refractivity contribution in [3.05, 3.63) is 23.3 Å². The summed E-state index contributed by atoms with van der Waals surface area (Å²) < 4.78 is 5.67. The molecule has 1 aromatic carbocycles. The minimum Gasteiger partial charge on any atom is -0.507 e. The first-order chi connectivity index (χ1) is 12.9. The van der Waals surface area contributed by atoms with Crippen LogP contribution in [0.15, 0.2) is 12.1 Å². The highest BCUT2D eigenvalue weighted by Crippen LogP contribution is 2.35. The van der Waals surface area contributed by atoms with Gasteiger partial charge in [0.2, 0.25) is 0 Å². The van der Waals surface area contributed by atoms with Gasteiger partial charge >= 0.3 is 19.1 Å². The summed E-state index contributed by atoms with van der Waals surface area (Å²) >= 11 is 0. The minimum absolute atomic E-state index is 0.00987. The standard InChI is InChI=1S/C17H25BN2O8/c1-9(18(26)27)5-10-3-4-12(13(14(10)21)15(22)23)28-11-6-20(7-11)8-17(2,19)16(24)25/h3-4,9,11,21,26-27H,5-8,19H2,1-2H3,(H,22,23)(H,24,25)/t9-,17-/m0/s1. The van der Waals surface area contributed by atoms with Gasteiger partial charge in [-0.2, -0.15) is 0 Å². The normalized spacial score (nSPS) is 18.0. The van der Waals surface area contributed by atoms with Crippen molar-refractivity contribution in [1.29, 1.82) is 0 Å². The predicted octanol–water partition coefficient (Wildman–Crippen LogP) is -0.639. The van der Waals surface area contributed by atoms with Gasteiger partial charge in [0.1, 0.15) is 28.7 Å². The zero-order valence-electron chi connectivity index (χ0n) is 15.7. The molecular weight excluding hydrogens is 371 g/mol. The number of phenols is 1. The second kappa shape index (κ2) is 8.35. The summed E-state index contributed by atoms with van der Waals surface area (Å²) in [6.07, 6.45) is -0.294.